The van der Waals surface area contributed by atoms with Gasteiger partial charge in [0.1, 0.15) is 18.2 Å². The van der Waals surface area contributed by atoms with E-state index in [0.717, 1.165) is 28.1 Å². The Morgan fingerprint density at radius 3 is 2.50 bits per heavy atom. The Morgan fingerprint density at radius 2 is 1.86 bits per heavy atom. The van der Waals surface area contributed by atoms with Crippen molar-refractivity contribution in [1.29, 1.82) is 0 Å². The Labute approximate surface area is 166 Å². The molecule has 0 unspecified atom stereocenters. The van der Waals surface area contributed by atoms with Crippen LogP contribution in [0.1, 0.15) is 43.9 Å². The normalized spacial score (nSPS) is 14.1. The zero-order chi connectivity index (χ0) is 20.5. The molecule has 0 atom stereocenters. The lowest BCUT2D eigenvalue weighted by Gasteiger charge is -2.25. The van der Waals surface area contributed by atoms with Crippen molar-refractivity contribution in [2.75, 3.05) is 23.4 Å². The summed E-state index contributed by atoms with van der Waals surface area (Å²) in [5.74, 6) is 0.363. The highest BCUT2D eigenvalue weighted by Crippen LogP contribution is 2.32. The van der Waals surface area contributed by atoms with Gasteiger partial charge >= 0.3 is 0 Å². The number of carbonyl (C=O) groups excluding carboxylic acids is 1. The van der Waals surface area contributed by atoms with Crippen LogP contribution in [0.2, 0.25) is 0 Å². The van der Waals surface area contributed by atoms with Gasteiger partial charge in [0.15, 0.2) is 0 Å². The van der Waals surface area contributed by atoms with Crippen molar-refractivity contribution in [3.8, 4) is 5.75 Å². The van der Waals surface area contributed by atoms with Crippen molar-refractivity contribution >= 4 is 17.3 Å². The maximum Gasteiger partial charge on any atom is 0.224 e. The minimum Gasteiger partial charge on any atom is -0.491 e. The lowest BCUT2D eigenvalue weighted by atomic mass is 9.92. The molecule has 0 bridgehead atoms. The number of hydrogen-bond donors (Lipinski definition) is 1. The van der Waals surface area contributed by atoms with Gasteiger partial charge in [-0.15, -0.1) is 0 Å². The average Bonchev–Trinajstić information content (AvgIpc) is 2.78. The minimum atomic E-state index is -0.283. The first kappa shape index (κ1) is 20.2. The number of amides is 1. The van der Waals surface area contributed by atoms with E-state index in [4.69, 9.17) is 4.74 Å². The van der Waals surface area contributed by atoms with Gasteiger partial charge in [-0.2, -0.15) is 0 Å². The monoisotopic (exact) mass is 384 g/mol. The van der Waals surface area contributed by atoms with Gasteiger partial charge < -0.3 is 15.0 Å². The van der Waals surface area contributed by atoms with E-state index in [1.165, 1.54) is 12.1 Å². The Hall–Kier alpha value is -2.56. The van der Waals surface area contributed by atoms with Crippen LogP contribution in [0.3, 0.4) is 0 Å². The van der Waals surface area contributed by atoms with Crippen LogP contribution in [0.5, 0.6) is 5.75 Å². The molecular weight excluding hydrogens is 355 g/mol. The molecule has 28 heavy (non-hydrogen) atoms. The summed E-state index contributed by atoms with van der Waals surface area (Å²) in [5, 5.41) is 3.08. The molecule has 1 aliphatic rings. The van der Waals surface area contributed by atoms with E-state index in [-0.39, 0.29) is 17.1 Å². The molecule has 1 N–H and O–H groups in total. The smallest absolute Gasteiger partial charge is 0.224 e. The first-order chi connectivity index (χ1) is 13.1. The molecule has 0 aliphatic carbocycles. The number of halogens is 1. The first-order valence-electron chi connectivity index (χ1n) is 9.70. The third-order valence-corrected chi connectivity index (χ3v) is 4.85. The number of aryl methyl sites for hydroxylation is 2. The number of rotatable bonds is 3. The van der Waals surface area contributed by atoms with Crippen molar-refractivity contribution in [2.24, 2.45) is 5.41 Å². The summed E-state index contributed by atoms with van der Waals surface area (Å²) in [5.41, 5.74) is 4.93. The van der Waals surface area contributed by atoms with E-state index in [0.29, 0.717) is 31.9 Å². The molecule has 0 fully saturated rings. The summed E-state index contributed by atoms with van der Waals surface area (Å²) >= 11 is 0. The van der Waals surface area contributed by atoms with Gasteiger partial charge in [-0.05, 0) is 48.6 Å². The van der Waals surface area contributed by atoms with Crippen molar-refractivity contribution in [3.05, 3.63) is 52.8 Å². The number of carbonyl (C=O) groups is 1. The van der Waals surface area contributed by atoms with Crippen molar-refractivity contribution in [1.82, 2.24) is 0 Å². The topological polar surface area (TPSA) is 41.6 Å². The van der Waals surface area contributed by atoms with Gasteiger partial charge in [0.05, 0.1) is 6.54 Å². The lowest BCUT2D eigenvalue weighted by Crippen LogP contribution is -2.26. The van der Waals surface area contributed by atoms with Crippen LogP contribution in [-0.2, 0) is 11.3 Å². The predicted molar refractivity (Wildman–Crippen MR) is 112 cm³/mol. The summed E-state index contributed by atoms with van der Waals surface area (Å²) in [6, 6.07) is 8.88. The maximum absolute atomic E-state index is 13.5. The average molecular weight is 384 g/mol. The van der Waals surface area contributed by atoms with E-state index in [2.05, 4.69) is 43.1 Å². The Morgan fingerprint density at radius 1 is 1.18 bits per heavy atom. The zero-order valence-corrected chi connectivity index (χ0v) is 17.4. The maximum atomic E-state index is 13.5. The standard InChI is InChI=1S/C23H29FN2O2/c1-15-10-19(11-16(2)22(15)25-21(27)13-23(3,4)5)26-8-9-28-20-12-18(24)7-6-17(20)14-26/h6-7,10-12H,8-9,13-14H2,1-5H3,(H,25,27). The third-order valence-electron chi connectivity index (χ3n) is 4.85. The molecule has 0 spiro atoms. The summed E-state index contributed by atoms with van der Waals surface area (Å²) < 4.78 is 19.2. The second kappa shape index (κ2) is 7.82. The fourth-order valence-electron chi connectivity index (χ4n) is 3.55. The van der Waals surface area contributed by atoms with E-state index >= 15 is 0 Å². The van der Waals surface area contributed by atoms with E-state index < -0.39 is 0 Å². The molecule has 150 valence electrons. The molecule has 0 saturated carbocycles. The van der Waals surface area contributed by atoms with Gasteiger partial charge in [0.25, 0.3) is 0 Å². The van der Waals surface area contributed by atoms with Crippen LogP contribution >= 0.6 is 0 Å². The predicted octanol–water partition coefficient (Wildman–Crippen LogP) is 5.22. The summed E-state index contributed by atoms with van der Waals surface area (Å²) in [7, 11) is 0. The highest BCUT2D eigenvalue weighted by Gasteiger charge is 2.20. The SMILES string of the molecule is Cc1cc(N2CCOc3cc(F)ccc3C2)cc(C)c1NC(=O)CC(C)(C)C. The van der Waals surface area contributed by atoms with E-state index in [9.17, 15) is 9.18 Å². The molecule has 0 saturated heterocycles. The largest absolute Gasteiger partial charge is 0.491 e. The van der Waals surface area contributed by atoms with Crippen LogP contribution in [0.15, 0.2) is 30.3 Å². The van der Waals surface area contributed by atoms with Crippen LogP contribution in [0.4, 0.5) is 15.8 Å². The number of anilines is 2. The van der Waals surface area contributed by atoms with Crippen LogP contribution in [0.25, 0.3) is 0 Å². The van der Waals surface area contributed by atoms with Gasteiger partial charge in [-0.3, -0.25) is 4.79 Å². The van der Waals surface area contributed by atoms with Gasteiger partial charge in [-0.25, -0.2) is 4.39 Å². The zero-order valence-electron chi connectivity index (χ0n) is 17.4. The van der Waals surface area contributed by atoms with Gasteiger partial charge in [0, 0.05) is 36.0 Å². The quantitative estimate of drug-likeness (QED) is 0.789. The van der Waals surface area contributed by atoms with Gasteiger partial charge in [-0.1, -0.05) is 26.8 Å². The summed E-state index contributed by atoms with van der Waals surface area (Å²) in [4.78, 5) is 14.6. The molecule has 5 heteroatoms. The number of benzene rings is 2. The number of fused-ring (bicyclic) bond motifs is 1. The number of nitrogens with one attached hydrogen (secondary N) is 1. The molecule has 0 radical (unpaired) electrons. The minimum absolute atomic E-state index is 0.0329. The van der Waals surface area contributed by atoms with Crippen molar-refractivity contribution < 1.29 is 13.9 Å². The molecule has 0 aromatic heterocycles. The molecule has 3 rings (SSSR count). The highest BCUT2D eigenvalue weighted by atomic mass is 19.1. The third kappa shape index (κ3) is 4.83. The number of hydrogen-bond acceptors (Lipinski definition) is 3. The Bertz CT molecular complexity index is 864. The van der Waals surface area contributed by atoms with Crippen LogP contribution < -0.4 is 15.0 Å². The van der Waals surface area contributed by atoms with Crippen LogP contribution in [-0.4, -0.2) is 19.1 Å². The molecular formula is C23H29FN2O2. The second-order valence-electron chi connectivity index (χ2n) is 8.76. The fourth-order valence-corrected chi connectivity index (χ4v) is 3.55. The van der Waals surface area contributed by atoms with E-state index in [1.54, 1.807) is 6.07 Å². The molecule has 1 amide bonds. The lowest BCUT2D eigenvalue weighted by molar-refractivity contribution is -0.117. The molecule has 4 nitrogen and oxygen atoms in total. The van der Waals surface area contributed by atoms with Gasteiger partial charge in [0.2, 0.25) is 5.91 Å². The Kier molecular flexibility index (Phi) is 5.64. The fraction of sp³-hybridized carbons (Fsp3) is 0.435. The second-order valence-corrected chi connectivity index (χ2v) is 8.76. The first-order valence-corrected chi connectivity index (χ1v) is 9.70. The molecule has 1 aliphatic heterocycles. The highest BCUT2D eigenvalue weighted by molar-refractivity contribution is 5.93. The number of ether oxygens (including phenoxy) is 1. The van der Waals surface area contributed by atoms with Crippen molar-refractivity contribution in [3.63, 3.8) is 0 Å². The van der Waals surface area contributed by atoms with Crippen LogP contribution in [0, 0.1) is 25.1 Å². The summed E-state index contributed by atoms with van der Waals surface area (Å²) in [6.45, 7) is 12.1. The molecule has 2 aromatic carbocycles. The molecule has 2 aromatic rings. The summed E-state index contributed by atoms with van der Waals surface area (Å²) in [6.07, 6.45) is 0.477. The van der Waals surface area contributed by atoms with Crippen molar-refractivity contribution in [2.45, 2.75) is 47.6 Å². The molecule has 1 heterocycles. The number of nitrogens with zero attached hydrogens (tertiary/aromatic N) is 1. The van der Waals surface area contributed by atoms with E-state index in [1.807, 2.05) is 13.8 Å². The Balaban J connectivity index is 1.82.